The highest BCUT2D eigenvalue weighted by molar-refractivity contribution is 14.0. The maximum absolute atomic E-state index is 11.6. The number of carbonyl (C=O) groups excluding carboxylic acids is 1. The Balaban J connectivity index is 0.00000392. The zero-order valence-electron chi connectivity index (χ0n) is 17.1. The minimum Gasteiger partial charge on any atom is -0.477 e. The van der Waals surface area contributed by atoms with E-state index in [-0.39, 0.29) is 29.9 Å². The van der Waals surface area contributed by atoms with E-state index in [4.69, 9.17) is 4.74 Å². The van der Waals surface area contributed by atoms with Gasteiger partial charge in [-0.15, -0.1) is 24.0 Å². The first-order valence-corrected chi connectivity index (χ1v) is 10.1. The van der Waals surface area contributed by atoms with Crippen LogP contribution in [-0.4, -0.2) is 54.5 Å². The molecule has 1 saturated heterocycles. The summed E-state index contributed by atoms with van der Waals surface area (Å²) in [5.41, 5.74) is 0.980. The van der Waals surface area contributed by atoms with E-state index in [0.717, 1.165) is 63.4 Å². The van der Waals surface area contributed by atoms with Crippen LogP contribution in [0.3, 0.4) is 0 Å². The highest BCUT2D eigenvalue weighted by atomic mass is 127. The Hall–Kier alpha value is -1.58. The number of halogens is 1. The number of unbranched alkanes of at least 4 members (excludes halogenated alkanes) is 1. The molecular weight excluding hydrogens is 469 g/mol. The summed E-state index contributed by atoms with van der Waals surface area (Å²) in [6.45, 7) is 8.65. The Morgan fingerprint density at radius 1 is 1.32 bits per heavy atom. The number of carbonyl (C=O) groups is 1. The molecule has 2 heterocycles. The number of hydrogen-bond acceptors (Lipinski definition) is 4. The third-order valence-electron chi connectivity index (χ3n) is 4.41. The van der Waals surface area contributed by atoms with Gasteiger partial charge in [0, 0.05) is 44.4 Å². The molecule has 0 unspecified atom stereocenters. The van der Waals surface area contributed by atoms with Gasteiger partial charge in [0.1, 0.15) is 0 Å². The number of aromatic nitrogens is 1. The summed E-state index contributed by atoms with van der Waals surface area (Å²) in [4.78, 5) is 22.6. The molecule has 1 fully saturated rings. The second-order valence-corrected chi connectivity index (χ2v) is 6.63. The van der Waals surface area contributed by atoms with E-state index in [9.17, 15) is 4.79 Å². The molecule has 0 aromatic carbocycles. The molecule has 1 aromatic heterocycles. The Morgan fingerprint density at radius 3 is 2.89 bits per heavy atom. The number of amides is 1. The van der Waals surface area contributed by atoms with Crippen molar-refractivity contribution < 1.29 is 9.53 Å². The topological polar surface area (TPSA) is 78.9 Å². The minimum atomic E-state index is 0. The van der Waals surface area contributed by atoms with Gasteiger partial charge in [-0.3, -0.25) is 4.79 Å². The molecule has 1 amide bonds. The van der Waals surface area contributed by atoms with Crippen LogP contribution in [0.5, 0.6) is 5.88 Å². The van der Waals surface area contributed by atoms with Gasteiger partial charge in [-0.1, -0.05) is 19.4 Å². The lowest BCUT2D eigenvalue weighted by molar-refractivity contribution is -0.127. The quantitative estimate of drug-likeness (QED) is 0.210. The monoisotopic (exact) mass is 503 g/mol. The maximum atomic E-state index is 11.6. The van der Waals surface area contributed by atoms with Crippen molar-refractivity contribution in [2.45, 2.75) is 52.5 Å². The van der Waals surface area contributed by atoms with Gasteiger partial charge >= 0.3 is 0 Å². The molecule has 1 aliphatic heterocycles. The second-order valence-electron chi connectivity index (χ2n) is 6.63. The molecule has 28 heavy (non-hydrogen) atoms. The van der Waals surface area contributed by atoms with Crippen molar-refractivity contribution in [3.8, 4) is 5.88 Å². The maximum Gasteiger partial charge on any atom is 0.222 e. The van der Waals surface area contributed by atoms with Crippen LogP contribution in [0.15, 0.2) is 23.3 Å². The molecule has 8 heteroatoms. The van der Waals surface area contributed by atoms with Crippen molar-refractivity contribution in [1.29, 1.82) is 0 Å². The lowest BCUT2D eigenvalue weighted by atomic mass is 10.2. The van der Waals surface area contributed by atoms with Crippen molar-refractivity contribution in [2.75, 3.05) is 32.8 Å². The van der Waals surface area contributed by atoms with E-state index >= 15 is 0 Å². The molecule has 0 saturated carbocycles. The first-order chi connectivity index (χ1) is 13.2. The highest BCUT2D eigenvalue weighted by Gasteiger charge is 2.18. The van der Waals surface area contributed by atoms with Crippen molar-refractivity contribution in [2.24, 2.45) is 4.99 Å². The number of nitrogens with zero attached hydrogens (tertiary/aromatic N) is 3. The van der Waals surface area contributed by atoms with Gasteiger partial charge in [-0.25, -0.2) is 9.98 Å². The standard InChI is InChI=1S/C20H33N5O2.HI/c1-3-5-15-27-19-17(9-6-11-22-19)16-24-20(21-4-2)23-12-8-14-25-13-7-10-18(25)26;/h6,9,11H,3-5,7-8,10,12-16H2,1-2H3,(H2,21,23,24);1H. The fourth-order valence-electron chi connectivity index (χ4n) is 2.91. The number of aliphatic imine (C=N–C) groups is 1. The molecular formula is C20H34IN5O2. The zero-order chi connectivity index (χ0) is 19.3. The predicted octanol–water partition coefficient (Wildman–Crippen LogP) is 2.95. The van der Waals surface area contributed by atoms with E-state index in [1.807, 2.05) is 24.0 Å². The molecule has 1 aliphatic rings. The predicted molar refractivity (Wildman–Crippen MR) is 123 cm³/mol. The number of guanidine groups is 1. The summed E-state index contributed by atoms with van der Waals surface area (Å²) in [5, 5.41) is 6.60. The van der Waals surface area contributed by atoms with Crippen LogP contribution in [0.1, 0.15) is 51.5 Å². The molecule has 158 valence electrons. The first kappa shape index (κ1) is 24.5. The Labute approximate surface area is 185 Å². The SMILES string of the molecule is CCCCOc1ncccc1CN=C(NCC)NCCCN1CCCC1=O.I. The average molecular weight is 503 g/mol. The van der Waals surface area contributed by atoms with Crippen molar-refractivity contribution >= 4 is 35.8 Å². The van der Waals surface area contributed by atoms with Crippen LogP contribution in [-0.2, 0) is 11.3 Å². The van der Waals surface area contributed by atoms with Crippen LogP contribution in [0.4, 0.5) is 0 Å². The number of nitrogens with one attached hydrogen (secondary N) is 2. The zero-order valence-corrected chi connectivity index (χ0v) is 19.4. The van der Waals surface area contributed by atoms with Gasteiger partial charge in [0.15, 0.2) is 5.96 Å². The van der Waals surface area contributed by atoms with Gasteiger partial charge in [0.25, 0.3) is 0 Å². The molecule has 2 rings (SSSR count). The minimum absolute atomic E-state index is 0. The Morgan fingerprint density at radius 2 is 2.18 bits per heavy atom. The second kappa shape index (κ2) is 14.4. The normalized spacial score (nSPS) is 14.0. The molecule has 0 aliphatic carbocycles. The summed E-state index contributed by atoms with van der Waals surface area (Å²) >= 11 is 0. The molecule has 0 bridgehead atoms. The molecule has 0 radical (unpaired) electrons. The molecule has 0 atom stereocenters. The van der Waals surface area contributed by atoms with Crippen molar-refractivity contribution in [1.82, 2.24) is 20.5 Å². The van der Waals surface area contributed by atoms with Crippen LogP contribution < -0.4 is 15.4 Å². The smallest absolute Gasteiger partial charge is 0.222 e. The fourth-order valence-corrected chi connectivity index (χ4v) is 2.91. The Bertz CT molecular complexity index is 612. The summed E-state index contributed by atoms with van der Waals surface area (Å²) < 4.78 is 5.78. The van der Waals surface area contributed by atoms with Crippen molar-refractivity contribution in [3.05, 3.63) is 23.9 Å². The van der Waals surface area contributed by atoms with Gasteiger partial charge < -0.3 is 20.3 Å². The van der Waals surface area contributed by atoms with Crippen LogP contribution in [0.2, 0.25) is 0 Å². The number of ether oxygens (including phenoxy) is 1. The summed E-state index contributed by atoms with van der Waals surface area (Å²) in [6.07, 6.45) is 6.46. The van der Waals surface area contributed by atoms with Crippen LogP contribution >= 0.6 is 24.0 Å². The molecule has 0 spiro atoms. The van der Waals surface area contributed by atoms with Crippen LogP contribution in [0, 0.1) is 0 Å². The first-order valence-electron chi connectivity index (χ1n) is 10.1. The highest BCUT2D eigenvalue weighted by Crippen LogP contribution is 2.15. The third kappa shape index (κ3) is 8.62. The number of likely N-dealkylation sites (tertiary alicyclic amines) is 1. The fraction of sp³-hybridized carbons (Fsp3) is 0.650. The van der Waals surface area contributed by atoms with Crippen molar-refractivity contribution in [3.63, 3.8) is 0 Å². The van der Waals surface area contributed by atoms with Gasteiger partial charge in [-0.05, 0) is 32.3 Å². The van der Waals surface area contributed by atoms with Gasteiger partial charge in [0.05, 0.1) is 13.2 Å². The molecule has 1 aromatic rings. The summed E-state index contributed by atoms with van der Waals surface area (Å²) in [7, 11) is 0. The van der Waals surface area contributed by atoms with E-state index in [2.05, 4.69) is 27.5 Å². The van der Waals surface area contributed by atoms with E-state index in [1.165, 1.54) is 0 Å². The number of hydrogen-bond donors (Lipinski definition) is 2. The summed E-state index contributed by atoms with van der Waals surface area (Å²) in [6, 6.07) is 3.91. The molecule has 2 N–H and O–H groups in total. The van der Waals surface area contributed by atoms with Gasteiger partial charge in [-0.2, -0.15) is 0 Å². The lowest BCUT2D eigenvalue weighted by Crippen LogP contribution is -2.39. The Kier molecular flexibility index (Phi) is 12.6. The number of rotatable bonds is 11. The van der Waals surface area contributed by atoms with E-state index in [0.29, 0.717) is 25.5 Å². The average Bonchev–Trinajstić information content (AvgIpc) is 3.09. The number of pyridine rings is 1. The van der Waals surface area contributed by atoms with E-state index in [1.54, 1.807) is 6.20 Å². The van der Waals surface area contributed by atoms with Gasteiger partial charge in [0.2, 0.25) is 11.8 Å². The summed E-state index contributed by atoms with van der Waals surface area (Å²) in [5.74, 6) is 1.72. The van der Waals surface area contributed by atoms with E-state index < -0.39 is 0 Å². The third-order valence-corrected chi connectivity index (χ3v) is 4.41. The lowest BCUT2D eigenvalue weighted by Gasteiger charge is -2.16. The largest absolute Gasteiger partial charge is 0.477 e. The molecule has 7 nitrogen and oxygen atoms in total. The van der Waals surface area contributed by atoms with Crippen LogP contribution in [0.25, 0.3) is 0 Å².